The molecule has 9 nitrogen and oxygen atoms in total. The second-order valence-electron chi connectivity index (χ2n) is 5.18. The van der Waals surface area contributed by atoms with Crippen molar-refractivity contribution in [3.05, 3.63) is 24.2 Å². The van der Waals surface area contributed by atoms with E-state index in [1.165, 1.54) is 0 Å². The van der Waals surface area contributed by atoms with E-state index < -0.39 is 0 Å². The summed E-state index contributed by atoms with van der Waals surface area (Å²) in [5.41, 5.74) is 6.75. The van der Waals surface area contributed by atoms with E-state index >= 15 is 0 Å². The number of hydrogen-bond donors (Lipinski definition) is 1. The molecule has 0 spiro atoms. The highest BCUT2D eigenvalue weighted by Gasteiger charge is 2.19. The molecule has 4 heterocycles. The van der Waals surface area contributed by atoms with Gasteiger partial charge >= 0.3 is 0 Å². The van der Waals surface area contributed by atoms with Gasteiger partial charge in [0.25, 0.3) is 0 Å². The summed E-state index contributed by atoms with van der Waals surface area (Å²) in [6.07, 6.45) is 3.46. The Morgan fingerprint density at radius 2 is 2.19 bits per heavy atom. The number of aromatic nitrogens is 7. The van der Waals surface area contributed by atoms with Crippen LogP contribution < -0.4 is 5.73 Å². The topological polar surface area (TPSA) is 104 Å². The van der Waals surface area contributed by atoms with Gasteiger partial charge in [0.15, 0.2) is 5.65 Å². The van der Waals surface area contributed by atoms with Gasteiger partial charge in [0.05, 0.1) is 24.7 Å². The molecule has 0 saturated heterocycles. The highest BCUT2D eigenvalue weighted by atomic mass is 15.3. The van der Waals surface area contributed by atoms with E-state index in [0.717, 1.165) is 36.5 Å². The van der Waals surface area contributed by atoms with Crippen LogP contribution >= 0.6 is 0 Å². The van der Waals surface area contributed by atoms with Crippen molar-refractivity contribution in [1.82, 2.24) is 39.4 Å². The zero-order valence-corrected chi connectivity index (χ0v) is 11.6. The maximum atomic E-state index is 5.99. The first kappa shape index (κ1) is 12.2. The summed E-state index contributed by atoms with van der Waals surface area (Å²) in [6.45, 7) is 3.17. The zero-order valence-electron chi connectivity index (χ0n) is 11.6. The van der Waals surface area contributed by atoms with Crippen LogP contribution in [0.5, 0.6) is 0 Å². The first-order valence-corrected chi connectivity index (χ1v) is 6.74. The average molecular weight is 285 g/mol. The Morgan fingerprint density at radius 3 is 3.10 bits per heavy atom. The minimum atomic E-state index is 0.475. The third-order valence-electron chi connectivity index (χ3n) is 3.75. The van der Waals surface area contributed by atoms with E-state index in [2.05, 4.69) is 34.7 Å². The number of rotatable bonds is 2. The molecule has 3 aromatic heterocycles. The summed E-state index contributed by atoms with van der Waals surface area (Å²) in [6, 6.07) is 0. The number of anilines is 1. The first-order valence-electron chi connectivity index (χ1n) is 6.74. The summed E-state index contributed by atoms with van der Waals surface area (Å²) in [5, 5.41) is 13.0. The number of nitrogens with two attached hydrogens (primary N) is 1. The molecule has 0 radical (unpaired) electrons. The van der Waals surface area contributed by atoms with Gasteiger partial charge in [-0.15, -0.1) is 10.2 Å². The van der Waals surface area contributed by atoms with Gasteiger partial charge in [0.1, 0.15) is 23.8 Å². The fourth-order valence-corrected chi connectivity index (χ4v) is 2.61. The summed E-state index contributed by atoms with van der Waals surface area (Å²) in [5.74, 6) is 2.15. The van der Waals surface area contributed by atoms with E-state index in [9.17, 15) is 0 Å². The van der Waals surface area contributed by atoms with Crippen LogP contribution in [0.4, 0.5) is 5.82 Å². The lowest BCUT2D eigenvalue weighted by Gasteiger charge is -2.26. The molecule has 0 aromatic carbocycles. The molecule has 4 rings (SSSR count). The van der Waals surface area contributed by atoms with Crippen molar-refractivity contribution >= 4 is 16.9 Å². The first-order chi connectivity index (χ1) is 10.2. The molecule has 1 aliphatic rings. The number of nitrogens with zero attached hydrogens (tertiary/aromatic N) is 8. The Kier molecular flexibility index (Phi) is 2.61. The molecule has 2 N–H and O–H groups in total. The second-order valence-corrected chi connectivity index (χ2v) is 5.18. The highest BCUT2D eigenvalue weighted by Crippen LogP contribution is 2.18. The Hall–Kier alpha value is -2.55. The Labute approximate surface area is 120 Å². The molecule has 0 saturated carbocycles. The summed E-state index contributed by atoms with van der Waals surface area (Å²) >= 11 is 0. The molecule has 21 heavy (non-hydrogen) atoms. The number of aryl methyl sites for hydroxylation is 1. The number of fused-ring (bicyclic) bond motifs is 2. The van der Waals surface area contributed by atoms with Gasteiger partial charge in [0.2, 0.25) is 0 Å². The Morgan fingerprint density at radius 1 is 1.29 bits per heavy atom. The predicted molar refractivity (Wildman–Crippen MR) is 74.9 cm³/mol. The Bertz CT molecular complexity index is 802. The molecule has 0 fully saturated rings. The van der Waals surface area contributed by atoms with Crippen molar-refractivity contribution in [2.75, 3.05) is 12.3 Å². The van der Waals surface area contributed by atoms with E-state index in [1.807, 2.05) is 7.05 Å². The maximum Gasteiger partial charge on any atom is 0.163 e. The molecule has 108 valence electrons. The van der Waals surface area contributed by atoms with Crippen molar-refractivity contribution in [3.8, 4) is 0 Å². The van der Waals surface area contributed by atoms with E-state index in [1.54, 1.807) is 17.2 Å². The van der Waals surface area contributed by atoms with Gasteiger partial charge in [-0.05, 0) is 0 Å². The van der Waals surface area contributed by atoms with Gasteiger partial charge in [-0.2, -0.15) is 5.10 Å². The molecule has 9 heteroatoms. The van der Waals surface area contributed by atoms with Crippen LogP contribution in [0.1, 0.15) is 11.6 Å². The summed E-state index contributed by atoms with van der Waals surface area (Å²) in [7, 11) is 1.85. The van der Waals surface area contributed by atoms with Crippen LogP contribution in [0.3, 0.4) is 0 Å². The smallest absolute Gasteiger partial charge is 0.163 e. The minimum absolute atomic E-state index is 0.475. The molecular weight excluding hydrogens is 270 g/mol. The predicted octanol–water partition coefficient (Wildman–Crippen LogP) is -0.447. The number of hydrogen-bond acceptors (Lipinski definition) is 7. The van der Waals surface area contributed by atoms with Crippen LogP contribution in [0.15, 0.2) is 12.5 Å². The third-order valence-corrected chi connectivity index (χ3v) is 3.75. The summed E-state index contributed by atoms with van der Waals surface area (Å²) in [4.78, 5) is 11.2. The van der Waals surface area contributed by atoms with Crippen LogP contribution in [0.2, 0.25) is 0 Å². The number of nitrogen functional groups attached to an aromatic ring is 1. The molecule has 0 atom stereocenters. The third kappa shape index (κ3) is 2.02. The minimum Gasteiger partial charge on any atom is -0.383 e. The van der Waals surface area contributed by atoms with E-state index in [-0.39, 0.29) is 0 Å². The van der Waals surface area contributed by atoms with Gasteiger partial charge in [-0.3, -0.25) is 9.58 Å². The lowest BCUT2D eigenvalue weighted by atomic mass is 10.3. The standard InChI is InChI=1S/C12H15N9/c1-19-12-8(4-15-19)11(13)16-9(17-12)5-20-2-3-21-7-14-18-10(21)6-20/h4,7H,2-3,5-6H2,1H3,(H2,13,16,17). The molecule has 0 unspecified atom stereocenters. The van der Waals surface area contributed by atoms with Gasteiger partial charge in [0, 0.05) is 20.1 Å². The molecule has 0 aliphatic carbocycles. The van der Waals surface area contributed by atoms with Gasteiger partial charge < -0.3 is 10.3 Å². The molecular formula is C12H15N9. The maximum absolute atomic E-state index is 5.99. The zero-order chi connectivity index (χ0) is 14.4. The van der Waals surface area contributed by atoms with Gasteiger partial charge in [-0.25, -0.2) is 9.97 Å². The monoisotopic (exact) mass is 285 g/mol. The van der Waals surface area contributed by atoms with Crippen LogP contribution in [0, 0.1) is 0 Å². The lowest BCUT2D eigenvalue weighted by molar-refractivity contribution is 0.204. The van der Waals surface area contributed by atoms with Crippen molar-refractivity contribution in [1.29, 1.82) is 0 Å². The van der Waals surface area contributed by atoms with Gasteiger partial charge in [-0.1, -0.05) is 0 Å². The second kappa shape index (κ2) is 4.48. The lowest BCUT2D eigenvalue weighted by Crippen LogP contribution is -2.33. The normalized spacial score (nSPS) is 15.5. The fraction of sp³-hybridized carbons (Fsp3) is 0.417. The average Bonchev–Trinajstić information content (AvgIpc) is 3.06. The fourth-order valence-electron chi connectivity index (χ4n) is 2.61. The largest absolute Gasteiger partial charge is 0.383 e. The van der Waals surface area contributed by atoms with Crippen LogP contribution in [-0.4, -0.2) is 46.0 Å². The van der Waals surface area contributed by atoms with Crippen molar-refractivity contribution in [3.63, 3.8) is 0 Å². The SMILES string of the molecule is Cn1ncc2c(N)nc(CN3CCn4cnnc4C3)nc21. The highest BCUT2D eigenvalue weighted by molar-refractivity contribution is 5.84. The molecule has 0 bridgehead atoms. The van der Waals surface area contributed by atoms with E-state index in [0.29, 0.717) is 18.2 Å². The Balaban J connectivity index is 1.61. The van der Waals surface area contributed by atoms with Crippen molar-refractivity contribution in [2.45, 2.75) is 19.6 Å². The van der Waals surface area contributed by atoms with Crippen LogP contribution in [-0.2, 0) is 26.7 Å². The summed E-state index contributed by atoms with van der Waals surface area (Å²) < 4.78 is 3.78. The van der Waals surface area contributed by atoms with Crippen molar-refractivity contribution in [2.24, 2.45) is 7.05 Å². The quantitative estimate of drug-likeness (QED) is 0.680. The van der Waals surface area contributed by atoms with Crippen molar-refractivity contribution < 1.29 is 0 Å². The molecule has 1 aliphatic heterocycles. The molecule has 3 aromatic rings. The molecule has 0 amide bonds. The van der Waals surface area contributed by atoms with Crippen LogP contribution in [0.25, 0.3) is 11.0 Å². The van der Waals surface area contributed by atoms with E-state index in [4.69, 9.17) is 5.73 Å².